The Labute approximate surface area is 88.5 Å². The SMILES string of the molecule is N#Cc1c(C(F)F)oc2ccccc2c1=O. The molecule has 0 saturated carbocycles. The normalized spacial score (nSPS) is 10.6. The van der Waals surface area contributed by atoms with Crippen molar-refractivity contribution in [1.29, 1.82) is 5.26 Å². The Morgan fingerprint density at radius 2 is 2.00 bits per heavy atom. The van der Waals surface area contributed by atoms with Crippen molar-refractivity contribution in [3.63, 3.8) is 0 Å². The molecule has 2 rings (SSSR count). The topological polar surface area (TPSA) is 54.0 Å². The molecule has 0 N–H and O–H groups in total. The molecule has 16 heavy (non-hydrogen) atoms. The van der Waals surface area contributed by atoms with Crippen molar-refractivity contribution in [2.45, 2.75) is 6.43 Å². The van der Waals surface area contributed by atoms with E-state index >= 15 is 0 Å². The van der Waals surface area contributed by atoms with Crippen LogP contribution in [-0.4, -0.2) is 0 Å². The first kappa shape index (κ1) is 10.3. The van der Waals surface area contributed by atoms with E-state index in [4.69, 9.17) is 9.68 Å². The van der Waals surface area contributed by atoms with Gasteiger partial charge in [-0.05, 0) is 12.1 Å². The van der Waals surface area contributed by atoms with Crippen LogP contribution in [0.2, 0.25) is 0 Å². The number of halogens is 2. The first-order chi connectivity index (χ1) is 7.65. The van der Waals surface area contributed by atoms with Gasteiger partial charge in [0.1, 0.15) is 17.2 Å². The Morgan fingerprint density at radius 1 is 1.31 bits per heavy atom. The van der Waals surface area contributed by atoms with Crippen molar-refractivity contribution < 1.29 is 13.2 Å². The smallest absolute Gasteiger partial charge is 0.296 e. The van der Waals surface area contributed by atoms with E-state index < -0.39 is 23.2 Å². The zero-order valence-electron chi connectivity index (χ0n) is 7.91. The number of alkyl halides is 2. The van der Waals surface area contributed by atoms with E-state index in [1.165, 1.54) is 18.2 Å². The maximum atomic E-state index is 12.5. The molecule has 0 fully saturated rings. The Morgan fingerprint density at radius 3 is 2.62 bits per heavy atom. The lowest BCUT2D eigenvalue weighted by Crippen LogP contribution is -2.10. The van der Waals surface area contributed by atoms with Gasteiger partial charge < -0.3 is 4.42 Å². The minimum Gasteiger partial charge on any atom is -0.453 e. The third-order valence-electron chi connectivity index (χ3n) is 2.14. The summed E-state index contributed by atoms with van der Waals surface area (Å²) in [6.07, 6.45) is -2.98. The predicted molar refractivity (Wildman–Crippen MR) is 52.2 cm³/mol. The molecule has 1 heterocycles. The molecule has 5 heteroatoms. The van der Waals surface area contributed by atoms with Crippen LogP contribution in [0, 0.1) is 11.3 Å². The van der Waals surface area contributed by atoms with Gasteiger partial charge in [-0.3, -0.25) is 4.79 Å². The molecule has 0 atom stereocenters. The molecule has 0 aliphatic rings. The highest BCUT2D eigenvalue weighted by Crippen LogP contribution is 2.24. The fraction of sp³-hybridized carbons (Fsp3) is 0.0909. The summed E-state index contributed by atoms with van der Waals surface area (Å²) in [4.78, 5) is 11.7. The van der Waals surface area contributed by atoms with Crippen LogP contribution in [0.25, 0.3) is 11.0 Å². The fourth-order valence-corrected chi connectivity index (χ4v) is 1.42. The van der Waals surface area contributed by atoms with Gasteiger partial charge in [-0.25, -0.2) is 8.78 Å². The number of nitrogens with zero attached hydrogens (tertiary/aromatic N) is 1. The standard InChI is InChI=1S/C11H5F2NO2/c12-11(13)10-7(5-14)9(15)6-3-1-2-4-8(6)16-10/h1-4,11H. The van der Waals surface area contributed by atoms with Crippen LogP contribution >= 0.6 is 0 Å². The number of hydrogen-bond donors (Lipinski definition) is 0. The molecule has 0 aliphatic heterocycles. The zero-order valence-corrected chi connectivity index (χ0v) is 7.91. The van der Waals surface area contributed by atoms with Gasteiger partial charge in [0.15, 0.2) is 5.76 Å². The summed E-state index contributed by atoms with van der Waals surface area (Å²) >= 11 is 0. The Bertz CT molecular complexity index is 640. The summed E-state index contributed by atoms with van der Waals surface area (Å²) in [5.41, 5.74) is -1.30. The number of benzene rings is 1. The highest BCUT2D eigenvalue weighted by atomic mass is 19.3. The molecule has 0 bridgehead atoms. The van der Waals surface area contributed by atoms with Gasteiger partial charge in [0.25, 0.3) is 6.43 Å². The van der Waals surface area contributed by atoms with Gasteiger partial charge in [0.2, 0.25) is 5.43 Å². The minimum absolute atomic E-state index is 0.0572. The van der Waals surface area contributed by atoms with Gasteiger partial charge in [0.05, 0.1) is 5.39 Å². The van der Waals surface area contributed by atoms with Crippen LogP contribution in [-0.2, 0) is 0 Å². The van der Waals surface area contributed by atoms with Gasteiger partial charge in [-0.2, -0.15) is 5.26 Å². The summed E-state index contributed by atoms with van der Waals surface area (Å²) in [6.45, 7) is 0. The molecule has 2 aromatic rings. The molecular formula is C11H5F2NO2. The summed E-state index contributed by atoms with van der Waals surface area (Å²) < 4.78 is 29.9. The van der Waals surface area contributed by atoms with E-state index in [0.29, 0.717) is 0 Å². The second kappa shape index (κ2) is 3.74. The summed E-state index contributed by atoms with van der Waals surface area (Å²) in [7, 11) is 0. The lowest BCUT2D eigenvalue weighted by atomic mass is 10.1. The van der Waals surface area contributed by atoms with Crippen molar-refractivity contribution in [3.8, 4) is 6.07 Å². The minimum atomic E-state index is -2.98. The van der Waals surface area contributed by atoms with Crippen LogP contribution < -0.4 is 5.43 Å². The predicted octanol–water partition coefficient (Wildman–Crippen LogP) is 2.60. The highest BCUT2D eigenvalue weighted by molar-refractivity contribution is 5.77. The van der Waals surface area contributed by atoms with E-state index in [1.807, 2.05) is 0 Å². The van der Waals surface area contributed by atoms with Crippen molar-refractivity contribution in [2.75, 3.05) is 0 Å². The summed E-state index contributed by atoms with van der Waals surface area (Å²) in [5, 5.41) is 8.79. The Hall–Kier alpha value is -2.22. The molecule has 0 aliphatic carbocycles. The van der Waals surface area contributed by atoms with Crippen molar-refractivity contribution in [2.24, 2.45) is 0 Å². The van der Waals surface area contributed by atoms with Crippen molar-refractivity contribution in [3.05, 3.63) is 45.8 Å². The molecule has 80 valence electrons. The zero-order chi connectivity index (χ0) is 11.7. The van der Waals surface area contributed by atoms with Crippen LogP contribution in [0.5, 0.6) is 0 Å². The molecule has 1 aromatic heterocycles. The van der Waals surface area contributed by atoms with E-state index in [0.717, 1.165) is 0 Å². The first-order valence-corrected chi connectivity index (χ1v) is 4.39. The number of fused-ring (bicyclic) bond motifs is 1. The molecule has 1 aromatic carbocycles. The maximum Gasteiger partial charge on any atom is 0.296 e. The van der Waals surface area contributed by atoms with E-state index in [-0.39, 0.29) is 11.0 Å². The van der Waals surface area contributed by atoms with Crippen LogP contribution in [0.4, 0.5) is 8.78 Å². The molecule has 0 radical (unpaired) electrons. The Balaban J connectivity index is 2.95. The second-order valence-electron chi connectivity index (χ2n) is 3.08. The highest BCUT2D eigenvalue weighted by Gasteiger charge is 2.21. The van der Waals surface area contributed by atoms with Gasteiger partial charge in [-0.15, -0.1) is 0 Å². The number of hydrogen-bond acceptors (Lipinski definition) is 3. The average molecular weight is 221 g/mol. The first-order valence-electron chi connectivity index (χ1n) is 4.39. The Kier molecular flexibility index (Phi) is 2.41. The van der Waals surface area contributed by atoms with Crippen molar-refractivity contribution in [1.82, 2.24) is 0 Å². The van der Waals surface area contributed by atoms with Gasteiger partial charge in [-0.1, -0.05) is 12.1 Å². The number of rotatable bonds is 1. The van der Waals surface area contributed by atoms with Gasteiger partial charge in [0, 0.05) is 0 Å². The lowest BCUT2D eigenvalue weighted by molar-refractivity contribution is 0.122. The molecule has 0 saturated heterocycles. The van der Waals surface area contributed by atoms with Crippen molar-refractivity contribution >= 4 is 11.0 Å². The molecule has 0 spiro atoms. The van der Waals surface area contributed by atoms with Crippen LogP contribution in [0.1, 0.15) is 17.7 Å². The van der Waals surface area contributed by atoms with Crippen LogP contribution in [0.15, 0.2) is 33.5 Å². The molecule has 0 amide bonds. The number of nitriles is 1. The third-order valence-corrected chi connectivity index (χ3v) is 2.14. The lowest BCUT2D eigenvalue weighted by Gasteiger charge is -2.03. The summed E-state index contributed by atoms with van der Waals surface area (Å²) in [6, 6.07) is 7.42. The van der Waals surface area contributed by atoms with E-state index in [1.54, 1.807) is 12.1 Å². The molecular weight excluding hydrogens is 216 g/mol. The van der Waals surface area contributed by atoms with Crippen LogP contribution in [0.3, 0.4) is 0 Å². The molecule has 0 unspecified atom stereocenters. The monoisotopic (exact) mass is 221 g/mol. The average Bonchev–Trinajstić information content (AvgIpc) is 2.29. The van der Waals surface area contributed by atoms with E-state index in [2.05, 4.69) is 0 Å². The second-order valence-corrected chi connectivity index (χ2v) is 3.08. The van der Waals surface area contributed by atoms with Gasteiger partial charge >= 0.3 is 0 Å². The molecule has 3 nitrogen and oxygen atoms in total. The number of para-hydroxylation sites is 1. The maximum absolute atomic E-state index is 12.5. The quantitative estimate of drug-likeness (QED) is 0.743. The summed E-state index contributed by atoms with van der Waals surface area (Å²) in [5.74, 6) is -0.869. The third kappa shape index (κ3) is 1.44. The van der Waals surface area contributed by atoms with E-state index in [9.17, 15) is 13.6 Å². The fourth-order valence-electron chi connectivity index (χ4n) is 1.42. The largest absolute Gasteiger partial charge is 0.453 e.